The van der Waals surface area contributed by atoms with Crippen LogP contribution in [0.1, 0.15) is 12.8 Å². The van der Waals surface area contributed by atoms with Crippen LogP contribution in [0.2, 0.25) is 5.02 Å². The fourth-order valence-corrected chi connectivity index (χ4v) is 2.65. The number of nitrogens with one attached hydrogen (secondary N) is 2. The first-order valence-electron chi connectivity index (χ1n) is 7.19. The average molecular weight is 328 g/mol. The topological polar surface area (TPSA) is 61.4 Å². The van der Waals surface area contributed by atoms with E-state index in [1.165, 1.54) is 18.2 Å². The summed E-state index contributed by atoms with van der Waals surface area (Å²) in [7, 11) is 1.73. The number of piperidine rings is 1. The van der Waals surface area contributed by atoms with E-state index >= 15 is 0 Å². The molecule has 2 N–H and O–H groups in total. The number of benzene rings is 1. The highest BCUT2D eigenvalue weighted by Gasteiger charge is 2.27. The predicted molar refractivity (Wildman–Crippen MR) is 83.3 cm³/mol. The van der Waals surface area contributed by atoms with E-state index in [1.807, 2.05) is 0 Å². The lowest BCUT2D eigenvalue weighted by Crippen LogP contribution is -2.44. The van der Waals surface area contributed by atoms with E-state index in [9.17, 15) is 14.0 Å². The minimum Gasteiger partial charge on any atom is -0.342 e. The maximum Gasteiger partial charge on any atom is 0.236 e. The minimum atomic E-state index is -0.518. The molecule has 0 saturated carbocycles. The molecule has 7 heteroatoms. The largest absolute Gasteiger partial charge is 0.342 e. The molecular weight excluding hydrogens is 309 g/mol. The number of hydrogen-bond donors (Lipinski definition) is 2. The SMILES string of the molecule is CNCC(=O)N1CCC(C(=O)Nc2ccc(F)c(Cl)c2)CC1. The van der Waals surface area contributed by atoms with Crippen LogP contribution in [0.3, 0.4) is 0 Å². The highest BCUT2D eigenvalue weighted by molar-refractivity contribution is 6.31. The lowest BCUT2D eigenvalue weighted by Gasteiger charge is -2.31. The lowest BCUT2D eigenvalue weighted by atomic mass is 9.95. The molecule has 22 heavy (non-hydrogen) atoms. The number of carbonyl (C=O) groups excluding carboxylic acids is 2. The molecule has 1 aromatic rings. The summed E-state index contributed by atoms with van der Waals surface area (Å²) in [5, 5.41) is 5.55. The van der Waals surface area contributed by atoms with Crippen LogP contribution < -0.4 is 10.6 Å². The first-order valence-corrected chi connectivity index (χ1v) is 7.57. The van der Waals surface area contributed by atoms with E-state index in [2.05, 4.69) is 10.6 Å². The van der Waals surface area contributed by atoms with Gasteiger partial charge in [0.1, 0.15) is 5.82 Å². The third kappa shape index (κ3) is 4.18. The monoisotopic (exact) mass is 327 g/mol. The first kappa shape index (κ1) is 16.7. The van der Waals surface area contributed by atoms with Gasteiger partial charge in [-0.3, -0.25) is 9.59 Å². The maximum absolute atomic E-state index is 13.1. The molecule has 0 spiro atoms. The second-order valence-corrected chi connectivity index (χ2v) is 5.71. The number of halogens is 2. The summed E-state index contributed by atoms with van der Waals surface area (Å²) in [5.74, 6) is -0.742. The third-order valence-corrected chi connectivity index (χ3v) is 4.02. The second kappa shape index (κ2) is 7.56. The van der Waals surface area contributed by atoms with Gasteiger partial charge in [0.2, 0.25) is 11.8 Å². The number of likely N-dealkylation sites (N-methyl/N-ethyl adjacent to an activating group) is 1. The van der Waals surface area contributed by atoms with Gasteiger partial charge in [-0.05, 0) is 38.1 Å². The van der Waals surface area contributed by atoms with Gasteiger partial charge in [0.05, 0.1) is 11.6 Å². The molecule has 0 bridgehead atoms. The Morgan fingerprint density at radius 2 is 2.05 bits per heavy atom. The Bertz CT molecular complexity index is 560. The quantitative estimate of drug-likeness (QED) is 0.887. The molecule has 1 fully saturated rings. The number of rotatable bonds is 4. The molecule has 0 atom stereocenters. The van der Waals surface area contributed by atoms with Gasteiger partial charge in [0, 0.05) is 24.7 Å². The molecule has 2 rings (SSSR count). The number of anilines is 1. The summed E-state index contributed by atoms with van der Waals surface area (Å²) >= 11 is 5.69. The highest BCUT2D eigenvalue weighted by atomic mass is 35.5. The van der Waals surface area contributed by atoms with Crippen molar-refractivity contribution >= 4 is 29.1 Å². The molecule has 0 radical (unpaired) electrons. The molecule has 2 amide bonds. The van der Waals surface area contributed by atoms with Crippen molar-refractivity contribution in [2.45, 2.75) is 12.8 Å². The van der Waals surface area contributed by atoms with Crippen molar-refractivity contribution in [3.05, 3.63) is 29.0 Å². The zero-order valence-electron chi connectivity index (χ0n) is 12.4. The van der Waals surface area contributed by atoms with Gasteiger partial charge >= 0.3 is 0 Å². The van der Waals surface area contributed by atoms with E-state index < -0.39 is 5.82 Å². The van der Waals surface area contributed by atoms with Crippen molar-refractivity contribution < 1.29 is 14.0 Å². The van der Waals surface area contributed by atoms with Crippen LogP contribution in [-0.4, -0.2) is 43.4 Å². The van der Waals surface area contributed by atoms with Crippen molar-refractivity contribution in [2.24, 2.45) is 5.92 Å². The van der Waals surface area contributed by atoms with Crippen LogP contribution in [-0.2, 0) is 9.59 Å². The summed E-state index contributed by atoms with van der Waals surface area (Å²) in [6, 6.07) is 4.09. The van der Waals surface area contributed by atoms with E-state index in [4.69, 9.17) is 11.6 Å². The number of carbonyl (C=O) groups is 2. The number of nitrogens with zero attached hydrogens (tertiary/aromatic N) is 1. The van der Waals surface area contributed by atoms with Crippen LogP contribution in [0.25, 0.3) is 0 Å². The first-order chi connectivity index (χ1) is 10.5. The number of likely N-dealkylation sites (tertiary alicyclic amines) is 1. The number of hydrogen-bond acceptors (Lipinski definition) is 3. The fourth-order valence-electron chi connectivity index (χ4n) is 2.47. The molecular formula is C15H19ClFN3O2. The molecule has 5 nitrogen and oxygen atoms in total. The van der Waals surface area contributed by atoms with Gasteiger partial charge < -0.3 is 15.5 Å². The van der Waals surface area contributed by atoms with Crippen LogP contribution >= 0.6 is 11.6 Å². The van der Waals surface area contributed by atoms with E-state index in [0.717, 1.165) is 0 Å². The Kier molecular flexibility index (Phi) is 5.74. The van der Waals surface area contributed by atoms with Crippen molar-refractivity contribution in [3.8, 4) is 0 Å². The smallest absolute Gasteiger partial charge is 0.236 e. The maximum atomic E-state index is 13.1. The molecule has 0 unspecified atom stereocenters. The second-order valence-electron chi connectivity index (χ2n) is 5.30. The standard InChI is InChI=1S/C15H19ClFN3O2/c1-18-9-14(21)20-6-4-10(5-7-20)15(22)19-11-2-3-13(17)12(16)8-11/h2-3,8,10,18H,4-7,9H2,1H3,(H,19,22). The third-order valence-electron chi connectivity index (χ3n) is 3.73. The van der Waals surface area contributed by atoms with Gasteiger partial charge in [-0.1, -0.05) is 11.6 Å². The summed E-state index contributed by atoms with van der Waals surface area (Å²) in [5.41, 5.74) is 0.477. The Balaban J connectivity index is 1.87. The Hall–Kier alpha value is -1.66. The molecule has 1 aliphatic rings. The van der Waals surface area contributed by atoms with Gasteiger partial charge in [-0.25, -0.2) is 4.39 Å². The van der Waals surface area contributed by atoms with Crippen molar-refractivity contribution in [1.82, 2.24) is 10.2 Å². The van der Waals surface area contributed by atoms with Crippen molar-refractivity contribution in [1.29, 1.82) is 0 Å². The van der Waals surface area contributed by atoms with Gasteiger partial charge in [-0.15, -0.1) is 0 Å². The molecule has 1 aromatic carbocycles. The molecule has 120 valence electrons. The Morgan fingerprint density at radius 1 is 1.36 bits per heavy atom. The Morgan fingerprint density at radius 3 is 2.64 bits per heavy atom. The van der Waals surface area contributed by atoms with Crippen molar-refractivity contribution in [3.63, 3.8) is 0 Å². The van der Waals surface area contributed by atoms with Gasteiger partial charge in [0.15, 0.2) is 0 Å². The molecule has 0 aromatic heterocycles. The molecule has 1 heterocycles. The van der Waals surface area contributed by atoms with E-state index in [-0.39, 0.29) is 22.8 Å². The summed E-state index contributed by atoms with van der Waals surface area (Å²) in [6.07, 6.45) is 1.24. The van der Waals surface area contributed by atoms with Crippen molar-refractivity contribution in [2.75, 3.05) is 32.0 Å². The molecule has 1 saturated heterocycles. The zero-order valence-corrected chi connectivity index (χ0v) is 13.1. The van der Waals surface area contributed by atoms with Crippen LogP contribution in [0.15, 0.2) is 18.2 Å². The molecule has 0 aliphatic carbocycles. The van der Waals surface area contributed by atoms with E-state index in [1.54, 1.807) is 11.9 Å². The summed E-state index contributed by atoms with van der Waals surface area (Å²) < 4.78 is 13.1. The van der Waals surface area contributed by atoms with Gasteiger partial charge in [-0.2, -0.15) is 0 Å². The predicted octanol–water partition coefficient (Wildman–Crippen LogP) is 1.88. The molecule has 1 aliphatic heterocycles. The average Bonchev–Trinajstić information content (AvgIpc) is 2.51. The summed E-state index contributed by atoms with van der Waals surface area (Å²) in [6.45, 7) is 1.45. The van der Waals surface area contributed by atoms with Crippen LogP contribution in [0, 0.1) is 11.7 Å². The normalized spacial score (nSPS) is 15.7. The highest BCUT2D eigenvalue weighted by Crippen LogP contribution is 2.22. The van der Waals surface area contributed by atoms with Crippen LogP contribution in [0.4, 0.5) is 10.1 Å². The Labute approximate surface area is 133 Å². The zero-order chi connectivity index (χ0) is 16.1. The van der Waals surface area contributed by atoms with E-state index in [0.29, 0.717) is 38.2 Å². The van der Waals surface area contributed by atoms with Crippen LogP contribution in [0.5, 0.6) is 0 Å². The minimum absolute atomic E-state index is 0.0229. The fraction of sp³-hybridized carbons (Fsp3) is 0.467. The lowest BCUT2D eigenvalue weighted by molar-refractivity contribution is -0.133. The van der Waals surface area contributed by atoms with Gasteiger partial charge in [0.25, 0.3) is 0 Å². The summed E-state index contributed by atoms with van der Waals surface area (Å²) in [4.78, 5) is 25.7. The number of amides is 2.